The molecular weight excluding hydrogens is 590 g/mol. The molecule has 6 rings (SSSR count). The number of H-pyrrole nitrogens is 1. The van der Waals surface area contributed by atoms with Gasteiger partial charge in [0, 0.05) is 42.1 Å². The molecule has 0 bridgehead atoms. The zero-order chi connectivity index (χ0) is 31.5. The van der Waals surface area contributed by atoms with Gasteiger partial charge in [0.15, 0.2) is 17.3 Å². The van der Waals surface area contributed by atoms with Gasteiger partial charge in [-0.3, -0.25) is 14.3 Å². The molecule has 228 valence electrons. The van der Waals surface area contributed by atoms with Crippen LogP contribution in [0.4, 0.5) is 26.3 Å². The molecule has 44 heavy (non-hydrogen) atoms. The molecule has 4 heterocycles. The fraction of sp³-hybridized carbons (Fsp3) is 0.267. The van der Waals surface area contributed by atoms with Crippen molar-refractivity contribution in [3.8, 4) is 16.9 Å². The second kappa shape index (κ2) is 10.7. The normalized spacial score (nSPS) is 19.1. The summed E-state index contributed by atoms with van der Waals surface area (Å²) in [4.78, 5) is 34.9. The second-order valence-electron chi connectivity index (χ2n) is 10.8. The second-order valence-corrected chi connectivity index (χ2v) is 10.8. The number of rotatable bonds is 4. The lowest BCUT2D eigenvalue weighted by Gasteiger charge is -2.42. The molecular formula is C30H24F6N6O2. The molecule has 14 heteroatoms. The number of piperidine rings is 1. The summed E-state index contributed by atoms with van der Waals surface area (Å²) in [7, 11) is 0. The van der Waals surface area contributed by atoms with E-state index in [2.05, 4.69) is 15.1 Å². The van der Waals surface area contributed by atoms with Crippen LogP contribution in [0.1, 0.15) is 48.8 Å². The number of carbonyl (C=O) groups is 1. The van der Waals surface area contributed by atoms with Crippen LogP contribution in [0.3, 0.4) is 0 Å². The minimum Gasteiger partial charge on any atom is -0.332 e. The van der Waals surface area contributed by atoms with Gasteiger partial charge < -0.3 is 9.88 Å². The largest absolute Gasteiger partial charge is 0.419 e. The van der Waals surface area contributed by atoms with E-state index in [1.54, 1.807) is 30.9 Å². The number of halogens is 6. The van der Waals surface area contributed by atoms with Crippen molar-refractivity contribution in [1.82, 2.24) is 29.2 Å². The topological polar surface area (TPSA) is 88.8 Å². The Kier molecular flexibility index (Phi) is 7.09. The Hall–Kier alpha value is -4.88. The number of fused-ring (bicyclic) bond motifs is 1. The fourth-order valence-electron chi connectivity index (χ4n) is 6.06. The van der Waals surface area contributed by atoms with Gasteiger partial charge in [-0.2, -0.15) is 18.3 Å². The Balaban J connectivity index is 1.35. The predicted molar refractivity (Wildman–Crippen MR) is 148 cm³/mol. The van der Waals surface area contributed by atoms with E-state index >= 15 is 0 Å². The number of aromatic amines is 1. The Labute approximate surface area is 245 Å². The number of nitrogens with zero attached hydrogens (tertiary/aromatic N) is 5. The summed E-state index contributed by atoms with van der Waals surface area (Å²) in [6.45, 7) is 3.50. The molecule has 0 spiro atoms. The third-order valence-electron chi connectivity index (χ3n) is 7.93. The van der Waals surface area contributed by atoms with Gasteiger partial charge in [-0.1, -0.05) is 0 Å². The van der Waals surface area contributed by atoms with E-state index in [-0.39, 0.29) is 35.3 Å². The van der Waals surface area contributed by atoms with Crippen molar-refractivity contribution in [2.75, 3.05) is 0 Å². The van der Waals surface area contributed by atoms with Gasteiger partial charge in [0.2, 0.25) is 0 Å². The van der Waals surface area contributed by atoms with Gasteiger partial charge in [0.1, 0.15) is 11.3 Å². The summed E-state index contributed by atoms with van der Waals surface area (Å²) in [6.07, 6.45) is -1.44. The highest BCUT2D eigenvalue weighted by molar-refractivity contribution is 5.94. The smallest absolute Gasteiger partial charge is 0.332 e. The number of nitrogens with one attached hydrogen (secondary N) is 1. The molecule has 1 aliphatic rings. The van der Waals surface area contributed by atoms with Crippen molar-refractivity contribution in [2.24, 2.45) is 0 Å². The standard InChI is InChI=1S/C30H24F6N6O2/c1-15-10-19(41-27-23(38-29(41)44)8-7-21(31)26(27)33)11-16(2)40(15)28(43)24-13-25(17-4-3-9-37-14-17)42(39-24)18-5-6-20(22(32)12-18)30(34,35)36/h3-9,12-16,19H,10-11H2,1-2H3,(H,38,44). The molecule has 1 amide bonds. The number of carbonyl (C=O) groups excluding carboxylic acids is 1. The van der Waals surface area contributed by atoms with Crippen LogP contribution in [0.5, 0.6) is 0 Å². The third kappa shape index (κ3) is 4.93. The Morgan fingerprint density at radius 3 is 2.34 bits per heavy atom. The number of imidazole rings is 1. The molecule has 0 aliphatic carbocycles. The van der Waals surface area contributed by atoms with Crippen LogP contribution < -0.4 is 5.69 Å². The monoisotopic (exact) mass is 614 g/mol. The highest BCUT2D eigenvalue weighted by Gasteiger charge is 2.38. The minimum atomic E-state index is -4.89. The first kappa shape index (κ1) is 29.2. The molecule has 8 nitrogen and oxygen atoms in total. The average molecular weight is 615 g/mol. The third-order valence-corrected chi connectivity index (χ3v) is 7.93. The van der Waals surface area contributed by atoms with Crippen LogP contribution in [0.25, 0.3) is 28.0 Å². The predicted octanol–water partition coefficient (Wildman–Crippen LogP) is 6.27. The molecule has 3 aromatic heterocycles. The first-order chi connectivity index (χ1) is 20.8. The summed E-state index contributed by atoms with van der Waals surface area (Å²) in [5.74, 6) is -4.24. The van der Waals surface area contributed by atoms with E-state index in [1.807, 2.05) is 0 Å². The lowest BCUT2D eigenvalue weighted by Crippen LogP contribution is -2.51. The van der Waals surface area contributed by atoms with Crippen LogP contribution in [0, 0.1) is 17.5 Å². The number of benzene rings is 2. The molecule has 2 aromatic carbocycles. The van der Waals surface area contributed by atoms with Crippen molar-refractivity contribution in [3.05, 3.63) is 100 Å². The molecule has 1 fully saturated rings. The minimum absolute atomic E-state index is 0.0406. The maximum Gasteiger partial charge on any atom is 0.419 e. The molecule has 0 radical (unpaired) electrons. The first-order valence-electron chi connectivity index (χ1n) is 13.6. The van der Waals surface area contributed by atoms with Gasteiger partial charge in [-0.15, -0.1) is 0 Å². The molecule has 1 saturated heterocycles. The SMILES string of the molecule is CC1CC(n2c(=O)[nH]c3ccc(F)c(F)c32)CC(C)N1C(=O)c1cc(-c2cccnc2)n(-c2ccc(C(F)(F)F)c(F)c2)n1. The molecule has 5 aromatic rings. The molecule has 2 atom stereocenters. The Morgan fingerprint density at radius 1 is 0.977 bits per heavy atom. The van der Waals surface area contributed by atoms with Crippen LogP contribution in [0.15, 0.2) is 65.7 Å². The Bertz CT molecular complexity index is 1940. The van der Waals surface area contributed by atoms with Gasteiger partial charge in [-0.05, 0) is 69.2 Å². The van der Waals surface area contributed by atoms with Gasteiger partial charge in [0.25, 0.3) is 5.91 Å². The molecule has 0 saturated carbocycles. The van der Waals surface area contributed by atoms with Crippen LogP contribution >= 0.6 is 0 Å². The average Bonchev–Trinajstić information content (AvgIpc) is 3.56. The van der Waals surface area contributed by atoms with E-state index < -0.39 is 58.9 Å². The Morgan fingerprint density at radius 2 is 1.70 bits per heavy atom. The van der Waals surface area contributed by atoms with Crippen molar-refractivity contribution in [1.29, 1.82) is 0 Å². The van der Waals surface area contributed by atoms with E-state index in [1.165, 1.54) is 33.8 Å². The summed E-state index contributed by atoms with van der Waals surface area (Å²) < 4.78 is 85.3. The number of aromatic nitrogens is 5. The van der Waals surface area contributed by atoms with E-state index in [0.29, 0.717) is 23.4 Å². The van der Waals surface area contributed by atoms with Crippen molar-refractivity contribution in [2.45, 2.75) is 51.0 Å². The number of alkyl halides is 3. The van der Waals surface area contributed by atoms with Crippen molar-refractivity contribution < 1.29 is 31.1 Å². The summed E-state index contributed by atoms with van der Waals surface area (Å²) >= 11 is 0. The zero-order valence-electron chi connectivity index (χ0n) is 23.2. The molecule has 1 N–H and O–H groups in total. The number of hydrogen-bond acceptors (Lipinski definition) is 4. The lowest BCUT2D eigenvalue weighted by atomic mass is 9.92. The van der Waals surface area contributed by atoms with Gasteiger partial charge in [0.05, 0.1) is 22.5 Å². The van der Waals surface area contributed by atoms with Crippen molar-refractivity contribution in [3.63, 3.8) is 0 Å². The van der Waals surface area contributed by atoms with Gasteiger partial charge in [-0.25, -0.2) is 22.6 Å². The highest BCUT2D eigenvalue weighted by atomic mass is 19.4. The maximum atomic E-state index is 14.8. The fourth-order valence-corrected chi connectivity index (χ4v) is 6.06. The highest BCUT2D eigenvalue weighted by Crippen LogP contribution is 2.36. The summed E-state index contributed by atoms with van der Waals surface area (Å²) in [5, 5.41) is 4.38. The number of hydrogen-bond donors (Lipinski definition) is 1. The lowest BCUT2D eigenvalue weighted by molar-refractivity contribution is -0.140. The number of pyridine rings is 1. The van der Waals surface area contributed by atoms with Gasteiger partial charge >= 0.3 is 11.9 Å². The molecule has 2 unspecified atom stereocenters. The number of amides is 1. The zero-order valence-corrected chi connectivity index (χ0v) is 23.2. The summed E-state index contributed by atoms with van der Waals surface area (Å²) in [5.41, 5.74) is -1.39. The first-order valence-corrected chi connectivity index (χ1v) is 13.6. The quantitative estimate of drug-likeness (QED) is 0.242. The van der Waals surface area contributed by atoms with E-state index in [0.717, 1.165) is 12.1 Å². The van der Waals surface area contributed by atoms with E-state index in [4.69, 9.17) is 0 Å². The van der Waals surface area contributed by atoms with Crippen LogP contribution in [0.2, 0.25) is 0 Å². The van der Waals surface area contributed by atoms with Crippen LogP contribution in [-0.4, -0.2) is 47.2 Å². The number of likely N-dealkylation sites (tertiary alicyclic amines) is 1. The maximum absolute atomic E-state index is 14.8. The summed E-state index contributed by atoms with van der Waals surface area (Å²) in [6, 6.07) is 7.79. The van der Waals surface area contributed by atoms with Crippen LogP contribution in [-0.2, 0) is 6.18 Å². The van der Waals surface area contributed by atoms with E-state index in [9.17, 15) is 35.9 Å². The molecule has 1 aliphatic heterocycles. The van der Waals surface area contributed by atoms with Crippen molar-refractivity contribution >= 4 is 16.9 Å².